The Balaban J connectivity index is 2.30. The standard InChI is InChI=1S/C16H28N2S/c1-5-10-17-15(14-11-13(2)19-12-14)16(18(3)4)8-6-7-9-16/h11-12,15,17H,5-10H2,1-4H3. The second-order valence-corrected chi connectivity index (χ2v) is 7.20. The lowest BCUT2D eigenvalue weighted by atomic mass is 9.83. The van der Waals surface area contributed by atoms with E-state index in [2.05, 4.69) is 49.6 Å². The number of hydrogen-bond acceptors (Lipinski definition) is 3. The van der Waals surface area contributed by atoms with Crippen molar-refractivity contribution in [3.63, 3.8) is 0 Å². The Labute approximate surface area is 122 Å². The first-order chi connectivity index (χ1) is 9.10. The summed E-state index contributed by atoms with van der Waals surface area (Å²) in [5.74, 6) is 0. The van der Waals surface area contributed by atoms with Gasteiger partial charge in [-0.3, -0.25) is 0 Å². The molecule has 108 valence electrons. The molecule has 1 aliphatic carbocycles. The molecule has 1 fully saturated rings. The van der Waals surface area contributed by atoms with Crippen LogP contribution in [0.5, 0.6) is 0 Å². The van der Waals surface area contributed by atoms with Crippen molar-refractivity contribution in [2.24, 2.45) is 0 Å². The Morgan fingerprint density at radius 3 is 2.53 bits per heavy atom. The van der Waals surface area contributed by atoms with Crippen LogP contribution in [0.3, 0.4) is 0 Å². The average Bonchev–Trinajstić information content (AvgIpc) is 3.00. The van der Waals surface area contributed by atoms with E-state index in [1.165, 1.54) is 42.5 Å². The molecule has 0 spiro atoms. The molecule has 1 unspecified atom stereocenters. The molecule has 0 aromatic carbocycles. The number of nitrogens with zero attached hydrogens (tertiary/aromatic N) is 1. The zero-order chi connectivity index (χ0) is 13.9. The molecule has 1 aliphatic rings. The van der Waals surface area contributed by atoms with Crippen molar-refractivity contribution in [3.05, 3.63) is 21.9 Å². The maximum atomic E-state index is 3.83. The fourth-order valence-corrected chi connectivity index (χ4v) is 4.23. The van der Waals surface area contributed by atoms with Gasteiger partial charge in [0.2, 0.25) is 0 Å². The fourth-order valence-electron chi connectivity index (χ4n) is 3.50. The van der Waals surface area contributed by atoms with Gasteiger partial charge >= 0.3 is 0 Å². The molecule has 19 heavy (non-hydrogen) atoms. The number of nitrogens with one attached hydrogen (secondary N) is 1. The lowest BCUT2D eigenvalue weighted by molar-refractivity contribution is 0.105. The molecule has 1 atom stereocenters. The van der Waals surface area contributed by atoms with E-state index in [0.29, 0.717) is 11.6 Å². The van der Waals surface area contributed by atoms with Gasteiger partial charge in [-0.15, -0.1) is 11.3 Å². The maximum Gasteiger partial charge on any atom is 0.0515 e. The molecule has 0 bridgehead atoms. The van der Waals surface area contributed by atoms with Crippen molar-refractivity contribution in [2.75, 3.05) is 20.6 Å². The van der Waals surface area contributed by atoms with Crippen LogP contribution in [0.15, 0.2) is 11.4 Å². The molecule has 0 saturated heterocycles. The smallest absolute Gasteiger partial charge is 0.0515 e. The summed E-state index contributed by atoms with van der Waals surface area (Å²) in [6.45, 7) is 5.57. The average molecular weight is 280 g/mol. The van der Waals surface area contributed by atoms with Gasteiger partial charge in [-0.1, -0.05) is 19.8 Å². The highest BCUT2D eigenvalue weighted by Crippen LogP contribution is 2.44. The van der Waals surface area contributed by atoms with E-state index in [4.69, 9.17) is 0 Å². The van der Waals surface area contributed by atoms with Crippen molar-refractivity contribution >= 4 is 11.3 Å². The first kappa shape index (κ1) is 15.0. The van der Waals surface area contributed by atoms with Crippen LogP contribution < -0.4 is 5.32 Å². The van der Waals surface area contributed by atoms with E-state index in [-0.39, 0.29) is 0 Å². The number of aryl methyl sites for hydroxylation is 1. The van der Waals surface area contributed by atoms with Crippen LogP contribution in [0.25, 0.3) is 0 Å². The van der Waals surface area contributed by atoms with Gasteiger partial charge in [0.25, 0.3) is 0 Å². The van der Waals surface area contributed by atoms with Gasteiger partial charge in [0.05, 0.1) is 6.04 Å². The van der Waals surface area contributed by atoms with Crippen LogP contribution in [-0.2, 0) is 0 Å². The van der Waals surface area contributed by atoms with Crippen LogP contribution in [0.2, 0.25) is 0 Å². The van der Waals surface area contributed by atoms with Gasteiger partial charge in [0.1, 0.15) is 0 Å². The van der Waals surface area contributed by atoms with E-state index in [1.54, 1.807) is 0 Å². The van der Waals surface area contributed by atoms with Gasteiger partial charge in [-0.2, -0.15) is 0 Å². The molecule has 2 rings (SSSR count). The van der Waals surface area contributed by atoms with Crippen molar-refractivity contribution in [2.45, 2.75) is 57.5 Å². The van der Waals surface area contributed by atoms with Crippen molar-refractivity contribution < 1.29 is 0 Å². The summed E-state index contributed by atoms with van der Waals surface area (Å²) in [4.78, 5) is 3.89. The van der Waals surface area contributed by atoms with Crippen molar-refractivity contribution in [3.8, 4) is 0 Å². The molecule has 0 aliphatic heterocycles. The van der Waals surface area contributed by atoms with Crippen LogP contribution in [0.4, 0.5) is 0 Å². The Bertz CT molecular complexity index is 391. The molecule has 1 N–H and O–H groups in total. The Hall–Kier alpha value is -0.380. The normalized spacial score (nSPS) is 20.1. The third-order valence-electron chi connectivity index (χ3n) is 4.58. The van der Waals surface area contributed by atoms with Gasteiger partial charge in [0.15, 0.2) is 0 Å². The van der Waals surface area contributed by atoms with Gasteiger partial charge in [0, 0.05) is 10.4 Å². The summed E-state index contributed by atoms with van der Waals surface area (Å²) in [6.07, 6.45) is 6.56. The first-order valence-electron chi connectivity index (χ1n) is 7.56. The summed E-state index contributed by atoms with van der Waals surface area (Å²) in [5.41, 5.74) is 1.80. The summed E-state index contributed by atoms with van der Waals surface area (Å²) in [7, 11) is 4.51. The number of hydrogen-bond donors (Lipinski definition) is 1. The molecule has 0 amide bonds. The quantitative estimate of drug-likeness (QED) is 0.848. The van der Waals surface area contributed by atoms with E-state index in [0.717, 1.165) is 6.54 Å². The minimum Gasteiger partial charge on any atom is -0.308 e. The van der Waals surface area contributed by atoms with Crippen LogP contribution >= 0.6 is 11.3 Å². The minimum atomic E-state index is 0.308. The fraction of sp³-hybridized carbons (Fsp3) is 0.750. The van der Waals surface area contributed by atoms with Gasteiger partial charge in [-0.05, 0) is 63.8 Å². The van der Waals surface area contributed by atoms with Crippen molar-refractivity contribution in [1.29, 1.82) is 0 Å². The molecule has 3 heteroatoms. The van der Waals surface area contributed by atoms with Gasteiger partial charge in [-0.25, -0.2) is 0 Å². The molecule has 0 radical (unpaired) electrons. The third kappa shape index (κ3) is 3.04. The highest BCUT2D eigenvalue weighted by atomic mass is 32.1. The highest BCUT2D eigenvalue weighted by molar-refractivity contribution is 7.10. The zero-order valence-corrected chi connectivity index (χ0v) is 13.6. The SMILES string of the molecule is CCCNC(c1csc(C)c1)C1(N(C)C)CCCC1. The largest absolute Gasteiger partial charge is 0.308 e. The van der Waals surface area contributed by atoms with E-state index >= 15 is 0 Å². The Morgan fingerprint density at radius 1 is 1.37 bits per heavy atom. The molecule has 2 nitrogen and oxygen atoms in total. The lowest BCUT2D eigenvalue weighted by Crippen LogP contribution is -2.52. The number of thiophene rings is 1. The first-order valence-corrected chi connectivity index (χ1v) is 8.44. The van der Waals surface area contributed by atoms with Crippen molar-refractivity contribution in [1.82, 2.24) is 10.2 Å². The van der Waals surface area contributed by atoms with Crippen LogP contribution in [0.1, 0.15) is 55.5 Å². The summed E-state index contributed by atoms with van der Waals surface area (Å²) in [6, 6.07) is 2.86. The van der Waals surface area contributed by atoms with E-state index < -0.39 is 0 Å². The Kier molecular flexibility index (Phi) is 5.04. The number of rotatable bonds is 6. The van der Waals surface area contributed by atoms with E-state index in [9.17, 15) is 0 Å². The molecule has 1 heterocycles. The summed E-state index contributed by atoms with van der Waals surface area (Å²) in [5, 5.41) is 6.18. The minimum absolute atomic E-state index is 0.308. The summed E-state index contributed by atoms with van der Waals surface area (Å²) >= 11 is 1.88. The topological polar surface area (TPSA) is 15.3 Å². The lowest BCUT2D eigenvalue weighted by Gasteiger charge is -2.43. The Morgan fingerprint density at radius 2 is 2.05 bits per heavy atom. The second kappa shape index (κ2) is 6.38. The molecule has 1 aromatic rings. The summed E-state index contributed by atoms with van der Waals surface area (Å²) < 4.78 is 0. The predicted octanol–water partition coefficient (Wildman–Crippen LogP) is 3.97. The molecular weight excluding hydrogens is 252 g/mol. The zero-order valence-electron chi connectivity index (χ0n) is 12.8. The predicted molar refractivity (Wildman–Crippen MR) is 85.0 cm³/mol. The van der Waals surface area contributed by atoms with E-state index in [1.807, 2.05) is 11.3 Å². The van der Waals surface area contributed by atoms with Crippen LogP contribution in [0, 0.1) is 6.92 Å². The molecule has 1 saturated carbocycles. The second-order valence-electron chi connectivity index (χ2n) is 6.08. The molecule has 1 aromatic heterocycles. The maximum absolute atomic E-state index is 3.83. The van der Waals surface area contributed by atoms with Crippen LogP contribution in [-0.4, -0.2) is 31.1 Å². The third-order valence-corrected chi connectivity index (χ3v) is 5.46. The number of likely N-dealkylation sites (N-methyl/N-ethyl adjacent to an activating group) is 1. The van der Waals surface area contributed by atoms with Gasteiger partial charge < -0.3 is 10.2 Å². The highest BCUT2D eigenvalue weighted by Gasteiger charge is 2.43. The molecular formula is C16H28N2S. The monoisotopic (exact) mass is 280 g/mol.